The molecule has 6 nitrogen and oxygen atoms in total. The SMILES string of the molecule is O=C(Nc1cc([N+](=O)[O-])ccc1O)c1cccs1. The predicted molar refractivity (Wildman–Crippen MR) is 67.0 cm³/mol. The highest BCUT2D eigenvalue weighted by Crippen LogP contribution is 2.28. The number of non-ortho nitro benzene ring substituents is 1. The minimum absolute atomic E-state index is 0.0163. The number of amides is 1. The molecule has 2 aromatic rings. The minimum atomic E-state index is -0.597. The van der Waals surface area contributed by atoms with Crippen molar-refractivity contribution >= 4 is 28.6 Å². The van der Waals surface area contributed by atoms with E-state index < -0.39 is 10.8 Å². The number of phenolic OH excluding ortho intramolecular Hbond substituents is 1. The first-order chi connectivity index (χ1) is 8.58. The molecule has 92 valence electrons. The summed E-state index contributed by atoms with van der Waals surface area (Å²) in [4.78, 5) is 22.2. The van der Waals surface area contributed by atoms with E-state index in [1.807, 2.05) is 0 Å². The third-order valence-electron chi connectivity index (χ3n) is 2.18. The fraction of sp³-hybridized carbons (Fsp3) is 0. The van der Waals surface area contributed by atoms with Crippen LogP contribution in [0.3, 0.4) is 0 Å². The first kappa shape index (κ1) is 12.1. The Kier molecular flexibility index (Phi) is 3.24. The van der Waals surface area contributed by atoms with Crippen LogP contribution in [-0.2, 0) is 0 Å². The van der Waals surface area contributed by atoms with E-state index in [0.717, 1.165) is 12.1 Å². The van der Waals surface area contributed by atoms with Crippen molar-refractivity contribution in [3.8, 4) is 5.75 Å². The average molecular weight is 264 g/mol. The predicted octanol–water partition coefficient (Wildman–Crippen LogP) is 2.61. The lowest BCUT2D eigenvalue weighted by Gasteiger charge is -2.05. The lowest BCUT2D eigenvalue weighted by atomic mass is 10.2. The van der Waals surface area contributed by atoms with Crippen LogP contribution < -0.4 is 5.32 Å². The number of carbonyl (C=O) groups excluding carboxylic acids is 1. The summed E-state index contributed by atoms with van der Waals surface area (Å²) in [5.74, 6) is -0.633. The van der Waals surface area contributed by atoms with Gasteiger partial charge >= 0.3 is 0 Å². The van der Waals surface area contributed by atoms with E-state index in [4.69, 9.17) is 0 Å². The molecule has 1 aromatic heterocycles. The molecular weight excluding hydrogens is 256 g/mol. The highest BCUT2D eigenvalue weighted by Gasteiger charge is 2.13. The maximum absolute atomic E-state index is 11.7. The molecule has 1 aromatic carbocycles. The number of nitrogens with one attached hydrogen (secondary N) is 1. The van der Waals surface area contributed by atoms with Gasteiger partial charge in [-0.05, 0) is 17.5 Å². The summed E-state index contributed by atoms with van der Waals surface area (Å²) >= 11 is 1.24. The van der Waals surface area contributed by atoms with Crippen molar-refractivity contribution in [2.45, 2.75) is 0 Å². The van der Waals surface area contributed by atoms with Gasteiger partial charge in [-0.3, -0.25) is 14.9 Å². The topological polar surface area (TPSA) is 92.5 Å². The van der Waals surface area contributed by atoms with E-state index >= 15 is 0 Å². The van der Waals surface area contributed by atoms with E-state index in [-0.39, 0.29) is 17.1 Å². The first-order valence-electron chi connectivity index (χ1n) is 4.90. The summed E-state index contributed by atoms with van der Waals surface area (Å²) in [6.45, 7) is 0. The number of rotatable bonds is 3. The molecule has 0 saturated heterocycles. The third-order valence-corrected chi connectivity index (χ3v) is 3.05. The smallest absolute Gasteiger partial charge is 0.271 e. The van der Waals surface area contributed by atoms with E-state index in [1.54, 1.807) is 17.5 Å². The fourth-order valence-corrected chi connectivity index (χ4v) is 1.95. The minimum Gasteiger partial charge on any atom is -0.506 e. The number of benzene rings is 1. The Morgan fingerprint density at radius 2 is 2.17 bits per heavy atom. The number of hydrogen-bond donors (Lipinski definition) is 2. The molecule has 2 rings (SSSR count). The Labute approximate surface area is 106 Å². The average Bonchev–Trinajstić information content (AvgIpc) is 2.85. The van der Waals surface area contributed by atoms with Gasteiger partial charge in [0, 0.05) is 12.1 Å². The van der Waals surface area contributed by atoms with Crippen LogP contribution in [0.4, 0.5) is 11.4 Å². The number of hydrogen-bond acceptors (Lipinski definition) is 5. The number of phenols is 1. The largest absolute Gasteiger partial charge is 0.506 e. The number of nitrogens with zero attached hydrogens (tertiary/aromatic N) is 1. The van der Waals surface area contributed by atoms with Crippen LogP contribution in [0.1, 0.15) is 9.67 Å². The second kappa shape index (κ2) is 4.84. The summed E-state index contributed by atoms with van der Waals surface area (Å²) in [6, 6.07) is 6.78. The standard InChI is InChI=1S/C11H8N2O4S/c14-9-4-3-7(13(16)17)6-8(9)12-11(15)10-2-1-5-18-10/h1-6,14H,(H,12,15). The van der Waals surface area contributed by atoms with Gasteiger partial charge in [-0.2, -0.15) is 0 Å². The van der Waals surface area contributed by atoms with Gasteiger partial charge in [0.2, 0.25) is 0 Å². The van der Waals surface area contributed by atoms with Gasteiger partial charge in [-0.25, -0.2) is 0 Å². The van der Waals surface area contributed by atoms with Crippen LogP contribution in [-0.4, -0.2) is 15.9 Å². The van der Waals surface area contributed by atoms with Crippen molar-refractivity contribution in [2.24, 2.45) is 0 Å². The van der Waals surface area contributed by atoms with Crippen molar-refractivity contribution < 1.29 is 14.8 Å². The summed E-state index contributed by atoms with van der Waals surface area (Å²) in [5.41, 5.74) is -0.183. The van der Waals surface area contributed by atoms with E-state index in [2.05, 4.69) is 5.32 Å². The molecule has 0 fully saturated rings. The van der Waals surface area contributed by atoms with Gasteiger partial charge in [0.25, 0.3) is 11.6 Å². The van der Waals surface area contributed by atoms with Crippen LogP contribution in [0.2, 0.25) is 0 Å². The molecule has 0 spiro atoms. The van der Waals surface area contributed by atoms with Gasteiger partial charge in [0.15, 0.2) is 0 Å². The highest BCUT2D eigenvalue weighted by atomic mass is 32.1. The molecule has 0 atom stereocenters. The molecule has 2 N–H and O–H groups in total. The number of carbonyl (C=O) groups is 1. The van der Waals surface area contributed by atoms with Crippen LogP contribution >= 0.6 is 11.3 Å². The quantitative estimate of drug-likeness (QED) is 0.506. The number of nitro groups is 1. The second-order valence-electron chi connectivity index (χ2n) is 3.39. The number of nitro benzene ring substituents is 1. The maximum Gasteiger partial charge on any atom is 0.271 e. The molecule has 1 amide bonds. The summed E-state index contributed by atoms with van der Waals surface area (Å²) in [7, 11) is 0. The number of thiophene rings is 1. The molecule has 7 heteroatoms. The van der Waals surface area contributed by atoms with Crippen molar-refractivity contribution in [3.05, 3.63) is 50.7 Å². The zero-order valence-electron chi connectivity index (χ0n) is 8.99. The Morgan fingerprint density at radius 1 is 1.39 bits per heavy atom. The summed E-state index contributed by atoms with van der Waals surface area (Å²) < 4.78 is 0. The third kappa shape index (κ3) is 2.46. The summed E-state index contributed by atoms with van der Waals surface area (Å²) in [6.07, 6.45) is 0. The first-order valence-corrected chi connectivity index (χ1v) is 5.78. The molecule has 0 unspecified atom stereocenters. The zero-order valence-corrected chi connectivity index (χ0v) is 9.81. The molecule has 1 heterocycles. The van der Waals surface area contributed by atoms with Crippen LogP contribution in [0.5, 0.6) is 5.75 Å². The van der Waals surface area contributed by atoms with Crippen LogP contribution in [0.15, 0.2) is 35.7 Å². The lowest BCUT2D eigenvalue weighted by Crippen LogP contribution is -2.10. The van der Waals surface area contributed by atoms with Gasteiger partial charge in [-0.1, -0.05) is 6.07 Å². The Hall–Kier alpha value is -2.41. The molecule has 0 radical (unpaired) electrons. The van der Waals surface area contributed by atoms with Gasteiger partial charge in [-0.15, -0.1) is 11.3 Å². The van der Waals surface area contributed by atoms with E-state index in [1.165, 1.54) is 17.4 Å². The molecule has 0 aliphatic heterocycles. The Bertz CT molecular complexity index is 595. The normalized spacial score (nSPS) is 10.0. The number of aromatic hydroxyl groups is 1. The molecule has 18 heavy (non-hydrogen) atoms. The van der Waals surface area contributed by atoms with Gasteiger partial charge < -0.3 is 10.4 Å². The summed E-state index contributed by atoms with van der Waals surface area (Å²) in [5, 5.41) is 24.3. The maximum atomic E-state index is 11.7. The highest BCUT2D eigenvalue weighted by molar-refractivity contribution is 7.12. The van der Waals surface area contributed by atoms with Crippen molar-refractivity contribution in [1.82, 2.24) is 0 Å². The fourth-order valence-electron chi connectivity index (χ4n) is 1.33. The molecule has 0 aliphatic carbocycles. The van der Waals surface area contributed by atoms with Crippen molar-refractivity contribution in [3.63, 3.8) is 0 Å². The van der Waals surface area contributed by atoms with E-state index in [0.29, 0.717) is 4.88 Å². The Morgan fingerprint density at radius 3 is 2.78 bits per heavy atom. The molecular formula is C11H8N2O4S. The molecule has 0 saturated carbocycles. The monoisotopic (exact) mass is 264 g/mol. The molecule has 0 aliphatic rings. The zero-order chi connectivity index (χ0) is 13.1. The van der Waals surface area contributed by atoms with Crippen molar-refractivity contribution in [2.75, 3.05) is 5.32 Å². The van der Waals surface area contributed by atoms with Gasteiger partial charge in [0.1, 0.15) is 5.75 Å². The van der Waals surface area contributed by atoms with E-state index in [9.17, 15) is 20.0 Å². The lowest BCUT2D eigenvalue weighted by molar-refractivity contribution is -0.384. The van der Waals surface area contributed by atoms with Gasteiger partial charge in [0.05, 0.1) is 15.5 Å². The number of anilines is 1. The molecule has 0 bridgehead atoms. The van der Waals surface area contributed by atoms with Crippen LogP contribution in [0.25, 0.3) is 0 Å². The van der Waals surface area contributed by atoms with Crippen LogP contribution in [0, 0.1) is 10.1 Å². The van der Waals surface area contributed by atoms with Crippen molar-refractivity contribution in [1.29, 1.82) is 0 Å². The Balaban J connectivity index is 2.26. The second-order valence-corrected chi connectivity index (χ2v) is 4.34.